The molecule has 1 aromatic heterocycles. The highest BCUT2D eigenvalue weighted by Gasteiger charge is 2.22. The molecule has 1 aliphatic heterocycles. The van der Waals surface area contributed by atoms with Crippen molar-refractivity contribution in [3.05, 3.63) is 42.1 Å². The Hall–Kier alpha value is -2.50. The van der Waals surface area contributed by atoms with Crippen LogP contribution in [0.5, 0.6) is 5.75 Å². The Morgan fingerprint density at radius 2 is 2.10 bits per heavy atom. The quantitative estimate of drug-likeness (QED) is 0.921. The van der Waals surface area contributed by atoms with E-state index in [0.29, 0.717) is 36.8 Å². The number of nitrogens with two attached hydrogens (primary N) is 1. The van der Waals surface area contributed by atoms with E-state index < -0.39 is 0 Å². The van der Waals surface area contributed by atoms with Crippen molar-refractivity contribution in [1.82, 2.24) is 14.7 Å². The van der Waals surface area contributed by atoms with E-state index in [0.717, 1.165) is 13.0 Å². The van der Waals surface area contributed by atoms with E-state index in [1.54, 1.807) is 10.7 Å². The molecule has 6 nitrogen and oxygen atoms in total. The van der Waals surface area contributed by atoms with E-state index in [4.69, 9.17) is 10.5 Å². The Balaban J connectivity index is 1.62. The SMILES string of the molecule is Nc1ccn(CCCN2CCOc3ccccc3C2=O)n1. The lowest BCUT2D eigenvalue weighted by molar-refractivity contribution is 0.0751. The summed E-state index contributed by atoms with van der Waals surface area (Å²) in [5, 5.41) is 4.13. The monoisotopic (exact) mass is 286 g/mol. The molecule has 6 heteroatoms. The van der Waals surface area contributed by atoms with Gasteiger partial charge in [0.05, 0.1) is 12.1 Å². The van der Waals surface area contributed by atoms with Gasteiger partial charge in [0.15, 0.2) is 0 Å². The highest BCUT2D eigenvalue weighted by molar-refractivity contribution is 5.97. The normalized spacial score (nSPS) is 14.5. The van der Waals surface area contributed by atoms with E-state index in [-0.39, 0.29) is 5.91 Å². The van der Waals surface area contributed by atoms with Crippen molar-refractivity contribution < 1.29 is 9.53 Å². The van der Waals surface area contributed by atoms with Gasteiger partial charge < -0.3 is 15.4 Å². The minimum Gasteiger partial charge on any atom is -0.491 e. The zero-order valence-corrected chi connectivity index (χ0v) is 11.7. The lowest BCUT2D eigenvalue weighted by Crippen LogP contribution is -2.33. The van der Waals surface area contributed by atoms with Gasteiger partial charge in [0.2, 0.25) is 0 Å². The number of hydrogen-bond donors (Lipinski definition) is 1. The van der Waals surface area contributed by atoms with E-state index >= 15 is 0 Å². The van der Waals surface area contributed by atoms with E-state index in [2.05, 4.69) is 5.10 Å². The third kappa shape index (κ3) is 2.99. The molecule has 0 unspecified atom stereocenters. The van der Waals surface area contributed by atoms with Gasteiger partial charge in [-0.1, -0.05) is 12.1 Å². The van der Waals surface area contributed by atoms with Crippen LogP contribution < -0.4 is 10.5 Å². The number of nitrogens with zero attached hydrogens (tertiary/aromatic N) is 3. The number of anilines is 1. The first-order valence-electron chi connectivity index (χ1n) is 7.04. The number of carbonyl (C=O) groups is 1. The second-order valence-corrected chi connectivity index (χ2v) is 4.99. The van der Waals surface area contributed by atoms with Crippen LogP contribution in [0.2, 0.25) is 0 Å². The summed E-state index contributed by atoms with van der Waals surface area (Å²) in [5.74, 6) is 1.22. The van der Waals surface area contributed by atoms with Crippen LogP contribution >= 0.6 is 0 Å². The molecular weight excluding hydrogens is 268 g/mol. The average molecular weight is 286 g/mol. The highest BCUT2D eigenvalue weighted by atomic mass is 16.5. The van der Waals surface area contributed by atoms with E-state index in [9.17, 15) is 4.79 Å². The fourth-order valence-electron chi connectivity index (χ4n) is 2.45. The predicted molar refractivity (Wildman–Crippen MR) is 79.1 cm³/mol. The van der Waals surface area contributed by atoms with Gasteiger partial charge in [0.1, 0.15) is 18.2 Å². The number of nitrogen functional groups attached to an aromatic ring is 1. The molecule has 110 valence electrons. The van der Waals surface area contributed by atoms with Gasteiger partial charge >= 0.3 is 0 Å². The summed E-state index contributed by atoms with van der Waals surface area (Å²) in [6.45, 7) is 2.55. The maximum absolute atomic E-state index is 12.5. The predicted octanol–water partition coefficient (Wildman–Crippen LogP) is 1.39. The number of hydrogen-bond acceptors (Lipinski definition) is 4. The molecule has 1 aliphatic rings. The molecule has 0 bridgehead atoms. The van der Waals surface area contributed by atoms with Crippen molar-refractivity contribution in [3.8, 4) is 5.75 Å². The van der Waals surface area contributed by atoms with Gasteiger partial charge in [-0.3, -0.25) is 9.48 Å². The molecule has 2 heterocycles. The van der Waals surface area contributed by atoms with Crippen LogP contribution in [0.4, 0.5) is 5.82 Å². The first kappa shape index (κ1) is 13.5. The molecule has 2 N–H and O–H groups in total. The summed E-state index contributed by atoms with van der Waals surface area (Å²) >= 11 is 0. The summed E-state index contributed by atoms with van der Waals surface area (Å²) in [5.41, 5.74) is 6.21. The van der Waals surface area contributed by atoms with Crippen LogP contribution in [0.1, 0.15) is 16.8 Å². The Bertz CT molecular complexity index is 638. The smallest absolute Gasteiger partial charge is 0.257 e. The lowest BCUT2D eigenvalue weighted by Gasteiger charge is -2.19. The van der Waals surface area contributed by atoms with Crippen molar-refractivity contribution in [1.29, 1.82) is 0 Å². The topological polar surface area (TPSA) is 73.4 Å². The minimum absolute atomic E-state index is 0.0306. The van der Waals surface area contributed by atoms with Crippen molar-refractivity contribution in [2.75, 3.05) is 25.4 Å². The maximum atomic E-state index is 12.5. The van der Waals surface area contributed by atoms with Crippen molar-refractivity contribution in [2.45, 2.75) is 13.0 Å². The fourth-order valence-corrected chi connectivity index (χ4v) is 2.45. The molecular formula is C15H18N4O2. The molecule has 0 radical (unpaired) electrons. The second kappa shape index (κ2) is 5.87. The van der Waals surface area contributed by atoms with E-state index in [1.807, 2.05) is 35.4 Å². The number of rotatable bonds is 4. The molecule has 21 heavy (non-hydrogen) atoms. The summed E-state index contributed by atoms with van der Waals surface area (Å²) in [6, 6.07) is 9.15. The Labute approximate surface area is 123 Å². The number of amides is 1. The zero-order valence-electron chi connectivity index (χ0n) is 11.7. The Morgan fingerprint density at radius 1 is 1.24 bits per heavy atom. The van der Waals surface area contributed by atoms with Crippen LogP contribution in [0.25, 0.3) is 0 Å². The molecule has 1 amide bonds. The van der Waals surface area contributed by atoms with Gasteiger partial charge in [0, 0.05) is 19.3 Å². The highest BCUT2D eigenvalue weighted by Crippen LogP contribution is 2.22. The fraction of sp³-hybridized carbons (Fsp3) is 0.333. The Morgan fingerprint density at radius 3 is 2.90 bits per heavy atom. The summed E-state index contributed by atoms with van der Waals surface area (Å²) in [7, 11) is 0. The second-order valence-electron chi connectivity index (χ2n) is 4.99. The summed E-state index contributed by atoms with van der Waals surface area (Å²) < 4.78 is 7.41. The molecule has 0 saturated carbocycles. The lowest BCUT2D eigenvalue weighted by atomic mass is 10.2. The van der Waals surface area contributed by atoms with Gasteiger partial charge in [-0.15, -0.1) is 0 Å². The van der Waals surface area contributed by atoms with Crippen LogP contribution in [0.15, 0.2) is 36.5 Å². The first-order chi connectivity index (χ1) is 10.2. The van der Waals surface area contributed by atoms with Gasteiger partial charge in [0.25, 0.3) is 5.91 Å². The minimum atomic E-state index is 0.0306. The average Bonchev–Trinajstić information content (AvgIpc) is 2.83. The molecule has 3 rings (SSSR count). The zero-order chi connectivity index (χ0) is 14.7. The number of aromatic nitrogens is 2. The number of benzene rings is 1. The van der Waals surface area contributed by atoms with Gasteiger partial charge in [-0.25, -0.2) is 0 Å². The molecule has 0 aliphatic carbocycles. The third-order valence-corrected chi connectivity index (χ3v) is 3.50. The number of ether oxygens (including phenoxy) is 1. The van der Waals surface area contributed by atoms with Crippen LogP contribution in [-0.4, -0.2) is 40.3 Å². The summed E-state index contributed by atoms with van der Waals surface area (Å²) in [6.07, 6.45) is 2.67. The molecule has 2 aromatic rings. The largest absolute Gasteiger partial charge is 0.491 e. The first-order valence-corrected chi connectivity index (χ1v) is 7.04. The molecule has 0 spiro atoms. The number of fused-ring (bicyclic) bond motifs is 1. The van der Waals surface area contributed by atoms with Gasteiger partial charge in [-0.2, -0.15) is 5.10 Å². The number of para-hydroxylation sites is 1. The standard InChI is InChI=1S/C15H18N4O2/c16-14-6-9-19(17-14)8-3-7-18-10-11-21-13-5-2-1-4-12(13)15(18)20/h1-2,4-6,9H,3,7-8,10-11H2,(H2,16,17). The third-order valence-electron chi connectivity index (χ3n) is 3.50. The van der Waals surface area contributed by atoms with Crippen molar-refractivity contribution in [3.63, 3.8) is 0 Å². The number of carbonyl (C=O) groups excluding carboxylic acids is 1. The summed E-state index contributed by atoms with van der Waals surface area (Å²) in [4.78, 5) is 14.3. The van der Waals surface area contributed by atoms with Crippen LogP contribution in [-0.2, 0) is 6.54 Å². The van der Waals surface area contributed by atoms with Gasteiger partial charge in [-0.05, 0) is 24.6 Å². The van der Waals surface area contributed by atoms with Crippen molar-refractivity contribution in [2.24, 2.45) is 0 Å². The van der Waals surface area contributed by atoms with Crippen molar-refractivity contribution >= 4 is 11.7 Å². The van der Waals surface area contributed by atoms with Crippen LogP contribution in [0, 0.1) is 0 Å². The van der Waals surface area contributed by atoms with Crippen LogP contribution in [0.3, 0.4) is 0 Å². The molecule has 1 aromatic carbocycles. The Kier molecular flexibility index (Phi) is 3.77. The van der Waals surface area contributed by atoms with E-state index in [1.165, 1.54) is 0 Å². The number of aryl methyl sites for hydroxylation is 1. The molecule has 0 atom stereocenters. The maximum Gasteiger partial charge on any atom is 0.257 e. The molecule has 0 fully saturated rings. The molecule has 0 saturated heterocycles.